The van der Waals surface area contributed by atoms with Gasteiger partial charge < -0.3 is 0 Å². The number of hydrogen-bond donors (Lipinski definition) is 0. The Morgan fingerprint density at radius 3 is 2.61 bits per heavy atom. The van der Waals surface area contributed by atoms with Gasteiger partial charge in [-0.05, 0) is 42.2 Å². The zero-order chi connectivity index (χ0) is 12.5. The molecule has 0 atom stereocenters. The number of ketones is 1. The number of nitrogens with zero attached hydrogens (tertiary/aromatic N) is 1. The van der Waals surface area contributed by atoms with Crippen molar-refractivity contribution in [3.63, 3.8) is 0 Å². The molecule has 0 fully saturated rings. The van der Waals surface area contributed by atoms with Crippen LogP contribution in [0.3, 0.4) is 0 Å². The second-order valence-corrected chi connectivity index (χ2v) is 4.46. The molecule has 2 aromatic rings. The number of carbonyl (C=O) groups excluding carboxylic acids is 1. The number of aromatic nitrogens is 1. The van der Waals surface area contributed by atoms with Crippen LogP contribution >= 0.6 is 0 Å². The van der Waals surface area contributed by atoms with Gasteiger partial charge in [-0.3, -0.25) is 9.78 Å². The molecule has 3 rings (SSSR count). The quantitative estimate of drug-likeness (QED) is 0.765. The third-order valence-electron chi connectivity index (χ3n) is 3.28. The summed E-state index contributed by atoms with van der Waals surface area (Å²) in [4.78, 5) is 16.3. The van der Waals surface area contributed by atoms with Gasteiger partial charge in [-0.25, -0.2) is 4.39 Å². The van der Waals surface area contributed by atoms with Crippen molar-refractivity contribution in [2.24, 2.45) is 0 Å². The molecule has 0 amide bonds. The van der Waals surface area contributed by atoms with E-state index < -0.39 is 0 Å². The molecule has 18 heavy (non-hydrogen) atoms. The highest BCUT2D eigenvalue weighted by Gasteiger charge is 2.22. The molecule has 1 heterocycles. The third kappa shape index (κ3) is 1.82. The first-order chi connectivity index (χ1) is 8.75. The first-order valence-electron chi connectivity index (χ1n) is 6.03. The lowest BCUT2D eigenvalue weighted by molar-refractivity contribution is 0.0972. The van der Waals surface area contributed by atoms with E-state index in [1.165, 1.54) is 12.1 Å². The first-order valence-corrected chi connectivity index (χ1v) is 6.03. The third-order valence-corrected chi connectivity index (χ3v) is 3.28. The average molecular weight is 241 g/mol. The van der Waals surface area contributed by atoms with E-state index in [2.05, 4.69) is 4.98 Å². The fourth-order valence-corrected chi connectivity index (χ4v) is 2.42. The molecule has 1 aliphatic carbocycles. The maximum Gasteiger partial charge on any atom is 0.165 e. The summed E-state index contributed by atoms with van der Waals surface area (Å²) < 4.78 is 12.9. The van der Waals surface area contributed by atoms with Crippen molar-refractivity contribution < 1.29 is 9.18 Å². The summed E-state index contributed by atoms with van der Waals surface area (Å²) in [6.45, 7) is 0. The molecule has 3 heteroatoms. The molecular weight excluding hydrogens is 229 g/mol. The largest absolute Gasteiger partial charge is 0.294 e. The van der Waals surface area contributed by atoms with E-state index in [4.69, 9.17) is 0 Å². The van der Waals surface area contributed by atoms with E-state index in [1.807, 2.05) is 6.07 Å². The highest BCUT2D eigenvalue weighted by atomic mass is 19.1. The zero-order valence-corrected chi connectivity index (χ0v) is 9.82. The fourth-order valence-electron chi connectivity index (χ4n) is 2.42. The standard InChI is InChI=1S/C15H12FNO/c16-11-6-4-10(5-7-11)12-8-9-17-13-2-1-3-14(18)15(12)13/h4-9H,1-3H2. The van der Waals surface area contributed by atoms with Gasteiger partial charge in [0.25, 0.3) is 0 Å². The van der Waals surface area contributed by atoms with Crippen LogP contribution in [0.5, 0.6) is 0 Å². The number of Topliss-reactive ketones (excluding diaryl/α,β-unsaturated/α-hetero) is 1. The van der Waals surface area contributed by atoms with Gasteiger partial charge >= 0.3 is 0 Å². The van der Waals surface area contributed by atoms with Crippen LogP contribution in [0.4, 0.5) is 4.39 Å². The van der Waals surface area contributed by atoms with E-state index in [-0.39, 0.29) is 11.6 Å². The zero-order valence-electron chi connectivity index (χ0n) is 9.82. The molecule has 0 saturated carbocycles. The summed E-state index contributed by atoms with van der Waals surface area (Å²) in [5.74, 6) is -0.128. The number of carbonyl (C=O) groups is 1. The predicted molar refractivity (Wildman–Crippen MR) is 66.9 cm³/mol. The van der Waals surface area contributed by atoms with Crippen LogP contribution in [-0.4, -0.2) is 10.8 Å². The van der Waals surface area contributed by atoms with Crippen molar-refractivity contribution >= 4 is 5.78 Å². The number of benzene rings is 1. The molecule has 1 aliphatic rings. The van der Waals surface area contributed by atoms with Gasteiger partial charge in [0.05, 0.1) is 5.69 Å². The second kappa shape index (κ2) is 4.33. The SMILES string of the molecule is O=C1CCCc2nccc(-c3ccc(F)cc3)c21. The van der Waals surface area contributed by atoms with Gasteiger partial charge in [0.15, 0.2) is 5.78 Å². The minimum atomic E-state index is -0.270. The van der Waals surface area contributed by atoms with Gasteiger partial charge in [-0.1, -0.05) is 12.1 Å². The van der Waals surface area contributed by atoms with Crippen molar-refractivity contribution in [1.29, 1.82) is 0 Å². The Morgan fingerprint density at radius 1 is 1.06 bits per heavy atom. The van der Waals surface area contributed by atoms with Crippen LogP contribution in [0.2, 0.25) is 0 Å². The Morgan fingerprint density at radius 2 is 1.83 bits per heavy atom. The van der Waals surface area contributed by atoms with E-state index in [1.54, 1.807) is 18.3 Å². The highest BCUT2D eigenvalue weighted by molar-refractivity contribution is 6.04. The van der Waals surface area contributed by atoms with Gasteiger partial charge in [0.2, 0.25) is 0 Å². The highest BCUT2D eigenvalue weighted by Crippen LogP contribution is 2.30. The number of fused-ring (bicyclic) bond motifs is 1. The summed E-state index contributed by atoms with van der Waals surface area (Å²) in [6, 6.07) is 8.06. The molecular formula is C15H12FNO. The Hall–Kier alpha value is -2.03. The van der Waals surface area contributed by atoms with Crippen molar-refractivity contribution in [3.05, 3.63) is 53.6 Å². The van der Waals surface area contributed by atoms with Crippen molar-refractivity contribution in [3.8, 4) is 11.1 Å². The Balaban J connectivity index is 2.18. The molecule has 0 aliphatic heterocycles. The summed E-state index contributed by atoms with van der Waals surface area (Å²) >= 11 is 0. The minimum Gasteiger partial charge on any atom is -0.294 e. The number of halogens is 1. The number of aryl methyl sites for hydroxylation is 1. The fraction of sp³-hybridized carbons (Fsp3) is 0.200. The lowest BCUT2D eigenvalue weighted by atomic mass is 9.88. The van der Waals surface area contributed by atoms with Crippen LogP contribution in [0.25, 0.3) is 11.1 Å². The average Bonchev–Trinajstić information content (AvgIpc) is 2.39. The molecule has 0 spiro atoms. The van der Waals surface area contributed by atoms with Crippen LogP contribution < -0.4 is 0 Å². The maximum absolute atomic E-state index is 12.9. The summed E-state index contributed by atoms with van der Waals surface area (Å²) in [5, 5.41) is 0. The van der Waals surface area contributed by atoms with Gasteiger partial charge in [0.1, 0.15) is 5.82 Å². The van der Waals surface area contributed by atoms with E-state index in [0.717, 1.165) is 35.2 Å². The van der Waals surface area contributed by atoms with Gasteiger partial charge in [0, 0.05) is 18.2 Å². The first kappa shape index (κ1) is 11.1. The lowest BCUT2D eigenvalue weighted by Crippen LogP contribution is -2.13. The van der Waals surface area contributed by atoms with E-state index in [9.17, 15) is 9.18 Å². The smallest absolute Gasteiger partial charge is 0.165 e. The molecule has 0 unspecified atom stereocenters. The molecule has 1 aromatic carbocycles. The van der Waals surface area contributed by atoms with Crippen LogP contribution in [0.15, 0.2) is 36.5 Å². The Bertz CT molecular complexity index is 604. The predicted octanol–water partition coefficient (Wildman–Crippen LogP) is 3.41. The molecule has 0 bridgehead atoms. The van der Waals surface area contributed by atoms with Crippen molar-refractivity contribution in [2.75, 3.05) is 0 Å². The van der Waals surface area contributed by atoms with Gasteiger partial charge in [-0.2, -0.15) is 0 Å². The van der Waals surface area contributed by atoms with Crippen LogP contribution in [-0.2, 0) is 6.42 Å². The molecule has 90 valence electrons. The van der Waals surface area contributed by atoms with E-state index in [0.29, 0.717) is 6.42 Å². The number of pyridine rings is 1. The monoisotopic (exact) mass is 241 g/mol. The number of rotatable bonds is 1. The topological polar surface area (TPSA) is 30.0 Å². The Kier molecular flexibility index (Phi) is 2.67. The van der Waals surface area contributed by atoms with Crippen LogP contribution in [0.1, 0.15) is 28.9 Å². The second-order valence-electron chi connectivity index (χ2n) is 4.46. The van der Waals surface area contributed by atoms with Crippen LogP contribution in [0, 0.1) is 5.82 Å². The Labute approximate surface area is 104 Å². The molecule has 1 aromatic heterocycles. The van der Waals surface area contributed by atoms with Crippen molar-refractivity contribution in [1.82, 2.24) is 4.98 Å². The maximum atomic E-state index is 12.9. The molecule has 0 radical (unpaired) electrons. The van der Waals surface area contributed by atoms with E-state index >= 15 is 0 Å². The van der Waals surface area contributed by atoms with Crippen molar-refractivity contribution in [2.45, 2.75) is 19.3 Å². The van der Waals surface area contributed by atoms with Gasteiger partial charge in [-0.15, -0.1) is 0 Å². The normalized spacial score (nSPS) is 14.4. The summed E-state index contributed by atoms with van der Waals surface area (Å²) in [7, 11) is 0. The summed E-state index contributed by atoms with van der Waals surface area (Å²) in [5.41, 5.74) is 3.32. The number of hydrogen-bond acceptors (Lipinski definition) is 2. The molecule has 0 saturated heterocycles. The molecule has 0 N–H and O–H groups in total. The minimum absolute atomic E-state index is 0.142. The lowest BCUT2D eigenvalue weighted by Gasteiger charge is -2.17. The molecule has 2 nitrogen and oxygen atoms in total. The summed E-state index contributed by atoms with van der Waals surface area (Å²) in [6.07, 6.45) is 4.00.